The van der Waals surface area contributed by atoms with Crippen molar-refractivity contribution < 1.29 is 0 Å². The molecule has 0 spiro atoms. The number of nitrogens with zero attached hydrogens (tertiary/aromatic N) is 2. The maximum absolute atomic E-state index is 4.30. The molecule has 0 fully saturated rings. The molecule has 1 aromatic rings. The Kier molecular flexibility index (Phi) is 3.09. The summed E-state index contributed by atoms with van der Waals surface area (Å²) in [6.07, 6.45) is 8.28. The van der Waals surface area contributed by atoms with Crippen LogP contribution in [-0.2, 0) is 0 Å². The Morgan fingerprint density at radius 2 is 1.75 bits per heavy atom. The van der Waals surface area contributed by atoms with E-state index < -0.39 is 0 Å². The second kappa shape index (κ2) is 3.90. The summed E-state index contributed by atoms with van der Waals surface area (Å²) < 4.78 is 0. The van der Waals surface area contributed by atoms with Gasteiger partial charge in [0, 0.05) is 17.6 Å². The van der Waals surface area contributed by atoms with Crippen LogP contribution in [0.2, 0.25) is 0 Å². The minimum absolute atomic E-state index is 0.0274. The third-order valence-corrected chi connectivity index (χ3v) is 3.73. The fourth-order valence-corrected chi connectivity index (χ4v) is 1.44. The highest BCUT2D eigenvalue weighted by atomic mass is 32.2. The molecule has 0 N–H and O–H groups in total. The van der Waals surface area contributed by atoms with Gasteiger partial charge in [-0.05, 0) is 31.9 Å². The van der Waals surface area contributed by atoms with Gasteiger partial charge in [0.05, 0.1) is 0 Å². The van der Waals surface area contributed by atoms with E-state index in [4.69, 9.17) is 0 Å². The van der Waals surface area contributed by atoms with E-state index in [1.165, 1.54) is 0 Å². The van der Waals surface area contributed by atoms with Gasteiger partial charge in [-0.2, -0.15) is 0 Å². The van der Waals surface area contributed by atoms with Crippen molar-refractivity contribution in [1.82, 2.24) is 9.97 Å². The van der Waals surface area contributed by atoms with Crippen molar-refractivity contribution in [2.24, 2.45) is 0 Å². The fraction of sp³-hybridized carbons (Fsp3) is 0.556. The first kappa shape index (κ1) is 9.52. The van der Waals surface area contributed by atoms with E-state index in [0.717, 1.165) is 11.4 Å². The van der Waals surface area contributed by atoms with Crippen LogP contribution in [0.3, 0.4) is 0 Å². The minimum atomic E-state index is 0.0274. The molecule has 1 unspecified atom stereocenters. The average molecular weight is 184 g/mol. The van der Waals surface area contributed by atoms with Crippen LogP contribution < -0.4 is 0 Å². The summed E-state index contributed by atoms with van der Waals surface area (Å²) in [5.74, 6) is 0.983. The van der Waals surface area contributed by atoms with Crippen molar-refractivity contribution in [2.75, 3.05) is 12.5 Å². The first-order valence-electron chi connectivity index (χ1n) is 4.06. The predicted octanol–water partition coefficient (Wildman–Crippen LogP) is 2.11. The van der Waals surface area contributed by atoms with Crippen LogP contribution in [0.5, 0.6) is 0 Å². The van der Waals surface area contributed by atoms with Gasteiger partial charge < -0.3 is 0 Å². The minimum Gasteiger partial charge on any atom is -0.250 e. The molecular weight excluding hydrogens is 168 g/mol. The number of hydrogen-bond donors (Lipinski definition) is 1. The normalized spacial score (nSPS) is 14.2. The molecule has 0 aliphatic rings. The molecule has 0 bridgehead atoms. The van der Waals surface area contributed by atoms with Crippen molar-refractivity contribution in [3.8, 4) is 0 Å². The Labute approximate surface area is 76.8 Å². The van der Waals surface area contributed by atoms with Crippen LogP contribution in [-0.4, -0.2) is 22.5 Å². The molecule has 68 valence electrons. The second-order valence-corrected chi connectivity index (χ2v) is 5.96. The van der Waals surface area contributed by atoms with Crippen molar-refractivity contribution in [1.29, 1.82) is 0 Å². The van der Waals surface area contributed by atoms with E-state index in [1.54, 1.807) is 0 Å². The van der Waals surface area contributed by atoms with Gasteiger partial charge in [0.25, 0.3) is 0 Å². The van der Waals surface area contributed by atoms with Gasteiger partial charge >= 0.3 is 0 Å². The Hall–Kier alpha value is -0.570. The number of hydrogen-bond acceptors (Lipinski definition) is 2. The lowest BCUT2D eigenvalue weighted by Crippen LogP contribution is -2.00. The number of rotatable bonds is 2. The first-order valence-corrected chi connectivity index (χ1v) is 6.36. The smallest absolute Gasteiger partial charge is 0.139 e. The summed E-state index contributed by atoms with van der Waals surface area (Å²) in [4.78, 5) is 8.61. The van der Waals surface area contributed by atoms with Crippen LogP contribution in [0.4, 0.5) is 0 Å². The van der Waals surface area contributed by atoms with Gasteiger partial charge in [-0.1, -0.05) is 0 Å². The molecule has 12 heavy (non-hydrogen) atoms. The third kappa shape index (κ3) is 2.21. The van der Waals surface area contributed by atoms with Crippen molar-refractivity contribution in [2.45, 2.75) is 19.1 Å². The van der Waals surface area contributed by atoms with Crippen LogP contribution in [0.15, 0.2) is 12.4 Å². The highest BCUT2D eigenvalue weighted by molar-refractivity contribution is 8.16. The summed E-state index contributed by atoms with van der Waals surface area (Å²) in [5.41, 5.74) is 1.13. The fourth-order valence-electron chi connectivity index (χ4n) is 0.849. The van der Waals surface area contributed by atoms with Gasteiger partial charge in [-0.25, -0.2) is 20.9 Å². The first-order chi connectivity index (χ1) is 5.61. The van der Waals surface area contributed by atoms with E-state index in [2.05, 4.69) is 29.4 Å². The van der Waals surface area contributed by atoms with Gasteiger partial charge in [0.2, 0.25) is 0 Å². The van der Waals surface area contributed by atoms with Crippen molar-refractivity contribution >= 4 is 10.9 Å². The topological polar surface area (TPSA) is 25.8 Å². The molecule has 0 saturated heterocycles. The van der Waals surface area contributed by atoms with E-state index in [9.17, 15) is 0 Å². The van der Waals surface area contributed by atoms with Gasteiger partial charge in [0.15, 0.2) is 0 Å². The van der Waals surface area contributed by atoms with Crippen molar-refractivity contribution in [3.63, 3.8) is 0 Å². The molecular formula is C9H16N2S. The molecule has 0 aliphatic heterocycles. The highest BCUT2D eigenvalue weighted by Crippen LogP contribution is 2.33. The Bertz CT molecular complexity index is 243. The molecule has 0 radical (unpaired) electrons. The van der Waals surface area contributed by atoms with E-state index in [1.807, 2.05) is 19.3 Å². The SMILES string of the molecule is Cc1cnc(C(C)[SH](C)C)nc1. The van der Waals surface area contributed by atoms with Crippen LogP contribution >= 0.6 is 10.9 Å². The molecule has 1 atom stereocenters. The van der Waals surface area contributed by atoms with Gasteiger partial charge in [-0.15, -0.1) is 0 Å². The van der Waals surface area contributed by atoms with E-state index in [0.29, 0.717) is 5.25 Å². The lowest BCUT2D eigenvalue weighted by molar-refractivity contribution is 0.908. The van der Waals surface area contributed by atoms with E-state index >= 15 is 0 Å². The second-order valence-electron chi connectivity index (χ2n) is 3.26. The summed E-state index contributed by atoms with van der Waals surface area (Å²) in [6.45, 7) is 4.20. The van der Waals surface area contributed by atoms with Crippen LogP contribution in [0.1, 0.15) is 23.6 Å². The molecule has 0 aromatic carbocycles. The zero-order valence-electron chi connectivity index (χ0n) is 8.07. The number of thiol groups is 1. The molecule has 3 heteroatoms. The number of aryl methyl sites for hydroxylation is 1. The predicted molar refractivity (Wildman–Crippen MR) is 56.0 cm³/mol. The maximum atomic E-state index is 4.30. The maximum Gasteiger partial charge on any atom is 0.139 e. The molecule has 2 nitrogen and oxygen atoms in total. The molecule has 1 rings (SSSR count). The van der Waals surface area contributed by atoms with Crippen molar-refractivity contribution in [3.05, 3.63) is 23.8 Å². The van der Waals surface area contributed by atoms with Crippen LogP contribution in [0, 0.1) is 6.92 Å². The zero-order valence-corrected chi connectivity index (χ0v) is 8.97. The largest absolute Gasteiger partial charge is 0.250 e. The lowest BCUT2D eigenvalue weighted by Gasteiger charge is -2.17. The highest BCUT2D eigenvalue weighted by Gasteiger charge is 2.08. The third-order valence-electron chi connectivity index (χ3n) is 1.95. The summed E-state index contributed by atoms with van der Waals surface area (Å²) >= 11 is 0. The summed E-state index contributed by atoms with van der Waals surface area (Å²) in [5, 5.41) is 0.514. The lowest BCUT2D eigenvalue weighted by atomic mass is 10.4. The quantitative estimate of drug-likeness (QED) is 0.712. The van der Waals surface area contributed by atoms with Gasteiger partial charge in [0.1, 0.15) is 5.82 Å². The summed E-state index contributed by atoms with van der Waals surface area (Å²) in [6, 6.07) is 0. The Balaban J connectivity index is 2.82. The Morgan fingerprint density at radius 1 is 1.25 bits per heavy atom. The molecule has 1 heterocycles. The molecule has 0 aliphatic carbocycles. The molecule has 0 saturated carbocycles. The number of aromatic nitrogens is 2. The van der Waals surface area contributed by atoms with Crippen LogP contribution in [0.25, 0.3) is 0 Å². The standard InChI is InChI=1S/C9H16N2S/c1-7-5-10-9(11-6-7)8(2)12(3)4/h5-6,8,12H,1-4H3. The summed E-state index contributed by atoms with van der Waals surface area (Å²) in [7, 11) is 0.0274. The zero-order chi connectivity index (χ0) is 9.14. The van der Waals surface area contributed by atoms with Gasteiger partial charge in [-0.3, -0.25) is 0 Å². The van der Waals surface area contributed by atoms with E-state index in [-0.39, 0.29) is 10.9 Å². The monoisotopic (exact) mass is 184 g/mol. The molecule has 0 amide bonds. The average Bonchev–Trinajstić information content (AvgIpc) is 2.04. The Morgan fingerprint density at radius 3 is 2.17 bits per heavy atom. The molecule has 1 aromatic heterocycles.